The van der Waals surface area contributed by atoms with Crippen LogP contribution in [-0.4, -0.2) is 98.5 Å². The average Bonchev–Trinajstić information content (AvgIpc) is 3.40. The number of alkyl carbamates (subject to hydrolysis) is 1. The zero-order valence-corrected chi connectivity index (χ0v) is 46.6. The van der Waals surface area contributed by atoms with Crippen molar-refractivity contribution in [2.24, 2.45) is 28.3 Å². The molecule has 0 radical (unpaired) electrons. The van der Waals surface area contributed by atoms with Crippen molar-refractivity contribution in [1.29, 1.82) is 0 Å². The maximum atomic E-state index is 14.5. The lowest BCUT2D eigenvalue weighted by molar-refractivity contribution is -0.149. The summed E-state index contributed by atoms with van der Waals surface area (Å²) in [4.78, 5) is 87.2. The first-order chi connectivity index (χ1) is 37.0. The maximum absolute atomic E-state index is 14.5. The van der Waals surface area contributed by atoms with Gasteiger partial charge in [0, 0.05) is 19.5 Å². The van der Waals surface area contributed by atoms with Gasteiger partial charge in [-0.15, -0.1) is 0 Å². The molecule has 21 heteroatoms. The number of amides is 5. The topological polar surface area (TPSA) is 312 Å². The largest absolute Gasteiger partial charge is 0.508 e. The maximum Gasteiger partial charge on any atom is 0.407 e. The quantitative estimate of drug-likeness (QED) is 0.0142. The molecule has 11 N–H and O–H groups in total. The fraction of sp³-hybridized carbons (Fsp3) is 0.456. The molecule has 424 valence electrons. The van der Waals surface area contributed by atoms with Gasteiger partial charge >= 0.3 is 12.1 Å². The van der Waals surface area contributed by atoms with Crippen LogP contribution in [0.25, 0.3) is 0 Å². The summed E-state index contributed by atoms with van der Waals surface area (Å²) in [5.41, 5.74) is 16.3. The molecule has 0 aromatic heterocycles. The zero-order chi connectivity index (χ0) is 57.4. The molecule has 5 amide bonds. The van der Waals surface area contributed by atoms with Gasteiger partial charge in [0.2, 0.25) is 29.6 Å². The SMILES string of the molecule is Cc1cc(C)c(S(=O)(=O)NC(N)=NCCC[C@H](NC(=O)[C@H](CC(C)C)NC(=O)[C@@H](CCCCNC(=O)OCc2ccccc2)NC(=O)[C@@H](N)CC(C)C)C(=O)N[C@@H](Cc2ccc(O)cc2)C(=O)OCc2ccccc2)c(C)c1. The van der Waals surface area contributed by atoms with Gasteiger partial charge in [-0.3, -0.25) is 24.2 Å². The second kappa shape index (κ2) is 31.6. The molecule has 0 unspecified atom stereocenters. The Morgan fingerprint density at radius 1 is 0.615 bits per heavy atom. The van der Waals surface area contributed by atoms with E-state index in [2.05, 4.69) is 36.3 Å². The molecular formula is C57H79N9O11S. The third-order valence-corrected chi connectivity index (χ3v) is 14.0. The number of ether oxygens (including phenoxy) is 2. The number of aromatic hydroxyl groups is 1. The molecular weight excluding hydrogens is 1020 g/mol. The van der Waals surface area contributed by atoms with Crippen LogP contribution in [-0.2, 0) is 63.1 Å². The molecule has 78 heavy (non-hydrogen) atoms. The van der Waals surface area contributed by atoms with Crippen LogP contribution in [0, 0.1) is 32.6 Å². The highest BCUT2D eigenvalue weighted by molar-refractivity contribution is 7.90. The fourth-order valence-electron chi connectivity index (χ4n) is 8.59. The van der Waals surface area contributed by atoms with E-state index in [4.69, 9.17) is 20.9 Å². The zero-order valence-electron chi connectivity index (χ0n) is 45.8. The molecule has 5 atom stereocenters. The minimum Gasteiger partial charge on any atom is -0.508 e. The van der Waals surface area contributed by atoms with Crippen LogP contribution in [0.4, 0.5) is 4.79 Å². The van der Waals surface area contributed by atoms with Gasteiger partial charge < -0.3 is 52.6 Å². The molecule has 0 saturated heterocycles. The fourth-order valence-corrected chi connectivity index (χ4v) is 9.99. The molecule has 0 aliphatic rings. The van der Waals surface area contributed by atoms with E-state index in [0.29, 0.717) is 41.5 Å². The first kappa shape index (κ1) is 63.0. The van der Waals surface area contributed by atoms with Crippen LogP contribution < -0.4 is 42.8 Å². The minimum atomic E-state index is -4.13. The second-order valence-electron chi connectivity index (χ2n) is 20.3. The van der Waals surface area contributed by atoms with Gasteiger partial charge in [-0.1, -0.05) is 118 Å². The lowest BCUT2D eigenvalue weighted by Gasteiger charge is -2.27. The van der Waals surface area contributed by atoms with Crippen LogP contribution in [0.5, 0.6) is 5.75 Å². The smallest absolute Gasteiger partial charge is 0.407 e. The van der Waals surface area contributed by atoms with Crippen molar-refractivity contribution in [2.45, 2.75) is 148 Å². The first-order valence-electron chi connectivity index (χ1n) is 26.3. The monoisotopic (exact) mass is 1100 g/mol. The Hall–Kier alpha value is -7.52. The second-order valence-corrected chi connectivity index (χ2v) is 21.9. The van der Waals surface area contributed by atoms with E-state index in [1.165, 1.54) is 12.1 Å². The summed E-state index contributed by atoms with van der Waals surface area (Å²) >= 11 is 0. The number of nitrogens with one attached hydrogen (secondary N) is 6. The van der Waals surface area contributed by atoms with Gasteiger partial charge in [0.15, 0.2) is 0 Å². The minimum absolute atomic E-state index is 0.0112. The highest BCUT2D eigenvalue weighted by Crippen LogP contribution is 2.22. The number of aliphatic imine (C=N–C) groups is 1. The molecule has 0 aliphatic heterocycles. The van der Waals surface area contributed by atoms with Crippen LogP contribution in [0.3, 0.4) is 0 Å². The molecule has 4 aromatic carbocycles. The van der Waals surface area contributed by atoms with E-state index in [-0.39, 0.29) is 80.9 Å². The summed E-state index contributed by atoms with van der Waals surface area (Å²) in [6, 6.07) is 21.7. The Kier molecular flexibility index (Phi) is 25.6. The molecule has 0 aliphatic carbocycles. The van der Waals surface area contributed by atoms with Crippen molar-refractivity contribution < 1.29 is 51.8 Å². The molecule has 0 saturated carbocycles. The number of nitrogens with two attached hydrogens (primary N) is 2. The van der Waals surface area contributed by atoms with Crippen molar-refractivity contribution in [2.75, 3.05) is 13.1 Å². The van der Waals surface area contributed by atoms with Gasteiger partial charge in [-0.05, 0) is 118 Å². The van der Waals surface area contributed by atoms with Crippen molar-refractivity contribution in [1.82, 2.24) is 31.3 Å². The lowest BCUT2D eigenvalue weighted by atomic mass is 10.00. The average molecular weight is 1100 g/mol. The summed E-state index contributed by atoms with van der Waals surface area (Å²) in [5.74, 6) is -4.07. The van der Waals surface area contributed by atoms with Crippen LogP contribution in [0.1, 0.15) is 106 Å². The van der Waals surface area contributed by atoms with Crippen molar-refractivity contribution in [3.05, 3.63) is 130 Å². The third kappa shape index (κ3) is 22.2. The van der Waals surface area contributed by atoms with Gasteiger partial charge in [-0.25, -0.2) is 22.7 Å². The molecule has 20 nitrogen and oxygen atoms in total. The highest BCUT2D eigenvalue weighted by atomic mass is 32.2. The number of hydrogen-bond donors (Lipinski definition) is 9. The van der Waals surface area contributed by atoms with Gasteiger partial charge in [0.05, 0.1) is 10.9 Å². The summed E-state index contributed by atoms with van der Waals surface area (Å²) < 4.78 is 40.1. The summed E-state index contributed by atoms with van der Waals surface area (Å²) in [6.07, 6.45) is 0.611. The molecule has 4 aromatic rings. The van der Waals surface area contributed by atoms with E-state index in [1.807, 2.05) is 71.0 Å². The van der Waals surface area contributed by atoms with Crippen LogP contribution in [0.15, 0.2) is 107 Å². The number of phenolic OH excluding ortho intramolecular Hbond substituents is 1. The van der Waals surface area contributed by atoms with E-state index in [1.54, 1.807) is 62.4 Å². The summed E-state index contributed by atoms with van der Waals surface area (Å²) in [6.45, 7) is 12.8. The third-order valence-electron chi connectivity index (χ3n) is 12.3. The Balaban J connectivity index is 1.57. The Labute approximate surface area is 458 Å². The predicted molar refractivity (Wildman–Crippen MR) is 298 cm³/mol. The number of benzene rings is 4. The van der Waals surface area contributed by atoms with Crippen molar-refractivity contribution >= 4 is 51.7 Å². The number of unbranched alkanes of at least 4 members (excludes halogenated alkanes) is 1. The van der Waals surface area contributed by atoms with Crippen molar-refractivity contribution in [3.8, 4) is 5.75 Å². The normalized spacial score (nSPS) is 13.5. The van der Waals surface area contributed by atoms with E-state index in [0.717, 1.165) is 11.1 Å². The Morgan fingerprint density at radius 2 is 1.12 bits per heavy atom. The van der Waals surface area contributed by atoms with E-state index in [9.17, 15) is 42.3 Å². The number of aryl methyl sites for hydroxylation is 3. The molecule has 4 rings (SSSR count). The van der Waals surface area contributed by atoms with Crippen LogP contribution >= 0.6 is 0 Å². The number of sulfonamides is 1. The number of esters is 1. The van der Waals surface area contributed by atoms with Crippen molar-refractivity contribution in [3.63, 3.8) is 0 Å². The number of nitrogens with zero attached hydrogens (tertiary/aromatic N) is 1. The number of phenols is 1. The van der Waals surface area contributed by atoms with Crippen LogP contribution in [0.2, 0.25) is 0 Å². The Bertz CT molecular complexity index is 2720. The lowest BCUT2D eigenvalue weighted by Crippen LogP contribution is -2.59. The molecule has 0 fully saturated rings. The number of rotatable bonds is 30. The summed E-state index contributed by atoms with van der Waals surface area (Å²) in [5, 5.41) is 23.7. The predicted octanol–water partition coefficient (Wildman–Crippen LogP) is 5.13. The Morgan fingerprint density at radius 3 is 1.68 bits per heavy atom. The van der Waals surface area contributed by atoms with Gasteiger partial charge in [-0.2, -0.15) is 0 Å². The number of guanidine groups is 1. The molecule has 0 heterocycles. The van der Waals surface area contributed by atoms with Gasteiger partial charge in [0.1, 0.15) is 43.1 Å². The highest BCUT2D eigenvalue weighted by Gasteiger charge is 2.33. The number of carbonyl (C=O) groups excluding carboxylic acids is 6. The molecule has 0 spiro atoms. The summed E-state index contributed by atoms with van der Waals surface area (Å²) in [7, 11) is -4.13. The molecule has 0 bridgehead atoms. The number of hydrogen-bond acceptors (Lipinski definition) is 13. The number of carbonyl (C=O) groups is 6. The standard InChI is InChI=1S/C57H79N9O11S/c1-36(2)29-45(58)51(68)62-46(21-14-15-27-61-57(73)77-35-43-19-12-9-13-20-43)52(69)64-48(30-37(3)4)54(71)63-47(22-16-28-60-56(59)66-78(74,75)50-39(6)31-38(5)32-40(50)7)53(70)65-49(33-41-23-25-44(67)26-24-41)55(72)76-34-42-17-10-8-11-18-42/h8-13,17-20,23-26,31-32,36-37,45-49,67H,14-16,21-22,27-30,33-35,58H2,1-7H3,(H,61,73)(H,62,68)(H,63,71)(H,64,69)(H,65,70)(H3,59,60,66)/t45-,46+,47-,48-,49-/m0/s1. The van der Waals surface area contributed by atoms with E-state index >= 15 is 0 Å². The van der Waals surface area contributed by atoms with Gasteiger partial charge in [0.25, 0.3) is 10.0 Å². The first-order valence-corrected chi connectivity index (χ1v) is 27.8. The van der Waals surface area contributed by atoms with E-state index < -0.39 is 81.9 Å².